The van der Waals surface area contributed by atoms with E-state index in [4.69, 9.17) is 4.74 Å². The van der Waals surface area contributed by atoms with Gasteiger partial charge >= 0.3 is 0 Å². The lowest BCUT2D eigenvalue weighted by molar-refractivity contribution is 0.219. The van der Waals surface area contributed by atoms with E-state index in [0.717, 1.165) is 25.3 Å². The van der Waals surface area contributed by atoms with Gasteiger partial charge in [-0.25, -0.2) is 0 Å². The van der Waals surface area contributed by atoms with Gasteiger partial charge in [-0.05, 0) is 36.5 Å². The first-order valence-electron chi connectivity index (χ1n) is 7.08. The molecule has 0 aromatic heterocycles. The van der Waals surface area contributed by atoms with Crippen LogP contribution in [0.15, 0.2) is 36.9 Å². The molecule has 0 saturated heterocycles. The predicted molar refractivity (Wildman–Crippen MR) is 82.9 cm³/mol. The number of nitrogens with one attached hydrogen (secondary N) is 1. The fourth-order valence-corrected chi connectivity index (χ4v) is 1.85. The Labute approximate surface area is 117 Å². The van der Waals surface area contributed by atoms with Crippen LogP contribution in [-0.2, 0) is 5.41 Å². The third-order valence-electron chi connectivity index (χ3n) is 3.58. The second-order valence-electron chi connectivity index (χ2n) is 5.64. The van der Waals surface area contributed by atoms with E-state index < -0.39 is 0 Å². The topological polar surface area (TPSA) is 21.3 Å². The first kappa shape index (κ1) is 15.8. The standard InChI is InChI=1S/C17H27NO/c1-6-12-18-13-14(3)19-16-10-8-15(9-11-16)17(4,5)7-2/h6,8-11,14,18H,1,7,12-13H2,2-5H3. The van der Waals surface area contributed by atoms with E-state index >= 15 is 0 Å². The van der Waals surface area contributed by atoms with Gasteiger partial charge in [-0.15, -0.1) is 6.58 Å². The smallest absolute Gasteiger partial charge is 0.119 e. The monoisotopic (exact) mass is 261 g/mol. The number of rotatable bonds is 8. The van der Waals surface area contributed by atoms with Crippen LogP contribution in [0.5, 0.6) is 5.75 Å². The van der Waals surface area contributed by atoms with Gasteiger partial charge in [0.05, 0.1) is 0 Å². The average Bonchev–Trinajstić information content (AvgIpc) is 2.39. The Morgan fingerprint density at radius 2 is 1.95 bits per heavy atom. The zero-order chi connectivity index (χ0) is 14.3. The van der Waals surface area contributed by atoms with E-state index in [2.05, 4.69) is 63.9 Å². The molecule has 0 bridgehead atoms. The Kier molecular flexibility index (Phi) is 6.10. The summed E-state index contributed by atoms with van der Waals surface area (Å²) in [4.78, 5) is 0. The zero-order valence-corrected chi connectivity index (χ0v) is 12.7. The fourth-order valence-electron chi connectivity index (χ4n) is 1.85. The molecule has 106 valence electrons. The lowest BCUT2D eigenvalue weighted by Crippen LogP contribution is -2.28. The Morgan fingerprint density at radius 1 is 1.32 bits per heavy atom. The summed E-state index contributed by atoms with van der Waals surface area (Å²) in [5.41, 5.74) is 1.59. The average molecular weight is 261 g/mol. The summed E-state index contributed by atoms with van der Waals surface area (Å²) in [7, 11) is 0. The van der Waals surface area contributed by atoms with Crippen LogP contribution < -0.4 is 10.1 Å². The molecule has 1 N–H and O–H groups in total. The van der Waals surface area contributed by atoms with Crippen molar-refractivity contribution in [3.05, 3.63) is 42.5 Å². The zero-order valence-electron chi connectivity index (χ0n) is 12.7. The maximum absolute atomic E-state index is 5.87. The van der Waals surface area contributed by atoms with Crippen molar-refractivity contribution in [3.8, 4) is 5.75 Å². The van der Waals surface area contributed by atoms with Crippen molar-refractivity contribution in [2.75, 3.05) is 13.1 Å². The van der Waals surface area contributed by atoms with Crippen molar-refractivity contribution in [3.63, 3.8) is 0 Å². The van der Waals surface area contributed by atoms with Crippen LogP contribution in [-0.4, -0.2) is 19.2 Å². The van der Waals surface area contributed by atoms with Crippen molar-refractivity contribution in [1.82, 2.24) is 5.32 Å². The molecule has 0 fully saturated rings. The molecule has 0 aliphatic heterocycles. The van der Waals surface area contributed by atoms with Crippen LogP contribution >= 0.6 is 0 Å². The molecule has 2 heteroatoms. The molecule has 0 saturated carbocycles. The van der Waals surface area contributed by atoms with Gasteiger partial charge in [-0.3, -0.25) is 0 Å². The summed E-state index contributed by atoms with van der Waals surface area (Å²) in [6.07, 6.45) is 3.15. The predicted octanol–water partition coefficient (Wildman–Crippen LogP) is 3.92. The van der Waals surface area contributed by atoms with Crippen LogP contribution in [0.4, 0.5) is 0 Å². The highest BCUT2D eigenvalue weighted by Crippen LogP contribution is 2.28. The van der Waals surface area contributed by atoms with E-state index in [1.54, 1.807) is 0 Å². The molecule has 1 atom stereocenters. The second-order valence-corrected chi connectivity index (χ2v) is 5.64. The molecule has 1 unspecified atom stereocenters. The Morgan fingerprint density at radius 3 is 2.47 bits per heavy atom. The first-order valence-corrected chi connectivity index (χ1v) is 7.08. The van der Waals surface area contributed by atoms with Gasteiger partial charge in [0, 0.05) is 13.1 Å². The van der Waals surface area contributed by atoms with E-state index in [0.29, 0.717) is 0 Å². The maximum Gasteiger partial charge on any atom is 0.119 e. The van der Waals surface area contributed by atoms with Crippen molar-refractivity contribution >= 4 is 0 Å². The quantitative estimate of drug-likeness (QED) is 0.566. The minimum Gasteiger partial charge on any atom is -0.489 e. The van der Waals surface area contributed by atoms with Gasteiger partial charge in [0.15, 0.2) is 0 Å². The van der Waals surface area contributed by atoms with Gasteiger partial charge in [-0.2, -0.15) is 0 Å². The Bertz CT molecular complexity index is 381. The fraction of sp³-hybridized carbons (Fsp3) is 0.529. The highest BCUT2D eigenvalue weighted by atomic mass is 16.5. The van der Waals surface area contributed by atoms with E-state index in [1.165, 1.54) is 5.56 Å². The third kappa shape index (κ3) is 5.07. The van der Waals surface area contributed by atoms with Gasteiger partial charge in [0.2, 0.25) is 0 Å². The van der Waals surface area contributed by atoms with Crippen molar-refractivity contribution < 1.29 is 4.74 Å². The lowest BCUT2D eigenvalue weighted by atomic mass is 9.82. The molecule has 0 radical (unpaired) electrons. The summed E-state index contributed by atoms with van der Waals surface area (Å²) in [5.74, 6) is 0.934. The van der Waals surface area contributed by atoms with Gasteiger partial charge < -0.3 is 10.1 Å². The van der Waals surface area contributed by atoms with E-state index in [9.17, 15) is 0 Å². The molecule has 0 aliphatic rings. The minimum atomic E-state index is 0.157. The van der Waals surface area contributed by atoms with Crippen molar-refractivity contribution in [2.45, 2.75) is 45.6 Å². The molecule has 19 heavy (non-hydrogen) atoms. The largest absolute Gasteiger partial charge is 0.489 e. The third-order valence-corrected chi connectivity index (χ3v) is 3.58. The molecule has 0 heterocycles. The van der Waals surface area contributed by atoms with E-state index in [1.807, 2.05) is 6.08 Å². The summed E-state index contributed by atoms with van der Waals surface area (Å²) in [6.45, 7) is 14.1. The molecule has 1 aromatic carbocycles. The first-order chi connectivity index (χ1) is 8.99. The Balaban J connectivity index is 2.54. The minimum absolute atomic E-state index is 0.157. The number of ether oxygens (including phenoxy) is 1. The molecule has 0 spiro atoms. The highest BCUT2D eigenvalue weighted by Gasteiger charge is 2.17. The van der Waals surface area contributed by atoms with Gasteiger partial charge in [0.25, 0.3) is 0 Å². The second kappa shape index (κ2) is 7.34. The van der Waals surface area contributed by atoms with Gasteiger partial charge in [0.1, 0.15) is 11.9 Å². The lowest BCUT2D eigenvalue weighted by Gasteiger charge is -2.23. The number of benzene rings is 1. The molecule has 1 rings (SSSR count). The molecule has 1 aromatic rings. The SMILES string of the molecule is C=CCNCC(C)Oc1ccc(C(C)(C)CC)cc1. The van der Waals surface area contributed by atoms with Crippen molar-refractivity contribution in [2.24, 2.45) is 0 Å². The highest BCUT2D eigenvalue weighted by molar-refractivity contribution is 5.31. The van der Waals surface area contributed by atoms with Crippen LogP contribution in [0.2, 0.25) is 0 Å². The molecular weight excluding hydrogens is 234 g/mol. The van der Waals surface area contributed by atoms with Crippen LogP contribution in [0.3, 0.4) is 0 Å². The summed E-state index contributed by atoms with van der Waals surface area (Å²) < 4.78 is 5.87. The van der Waals surface area contributed by atoms with Crippen LogP contribution in [0, 0.1) is 0 Å². The summed E-state index contributed by atoms with van der Waals surface area (Å²) in [5, 5.41) is 3.26. The maximum atomic E-state index is 5.87. The summed E-state index contributed by atoms with van der Waals surface area (Å²) >= 11 is 0. The van der Waals surface area contributed by atoms with E-state index in [-0.39, 0.29) is 11.5 Å². The van der Waals surface area contributed by atoms with Crippen LogP contribution in [0.1, 0.15) is 39.7 Å². The molecular formula is C17H27NO. The Hall–Kier alpha value is -1.28. The number of hydrogen-bond donors (Lipinski definition) is 1. The van der Waals surface area contributed by atoms with Crippen LogP contribution in [0.25, 0.3) is 0 Å². The number of hydrogen-bond acceptors (Lipinski definition) is 2. The molecule has 0 aliphatic carbocycles. The summed E-state index contributed by atoms with van der Waals surface area (Å²) in [6, 6.07) is 8.47. The van der Waals surface area contributed by atoms with Gasteiger partial charge in [-0.1, -0.05) is 39.0 Å². The molecule has 2 nitrogen and oxygen atoms in total. The van der Waals surface area contributed by atoms with Crippen molar-refractivity contribution in [1.29, 1.82) is 0 Å². The molecule has 0 amide bonds. The normalized spacial score (nSPS) is 13.1.